The molecular weight excluding hydrogens is 259 g/mol. The summed E-state index contributed by atoms with van der Waals surface area (Å²) in [7, 11) is 0. The summed E-state index contributed by atoms with van der Waals surface area (Å²) < 4.78 is 13.4. The van der Waals surface area contributed by atoms with Crippen LogP contribution in [0.2, 0.25) is 0 Å². The number of benzene rings is 1. The number of nitrogens with zero attached hydrogens (tertiary/aromatic N) is 1. The van der Waals surface area contributed by atoms with Crippen LogP contribution in [0.3, 0.4) is 0 Å². The van der Waals surface area contributed by atoms with Gasteiger partial charge in [0.15, 0.2) is 0 Å². The summed E-state index contributed by atoms with van der Waals surface area (Å²) in [5.74, 6) is 0.603. The Morgan fingerprint density at radius 3 is 2.79 bits per heavy atom. The van der Waals surface area contributed by atoms with Crippen molar-refractivity contribution >= 4 is 17.2 Å². The van der Waals surface area contributed by atoms with E-state index >= 15 is 0 Å². The second kappa shape index (κ2) is 6.44. The third-order valence-corrected chi connectivity index (χ3v) is 3.70. The first kappa shape index (κ1) is 14.4. The zero-order valence-electron chi connectivity index (χ0n) is 11.4. The molecule has 0 radical (unpaired) electrons. The van der Waals surface area contributed by atoms with Gasteiger partial charge in [-0.1, -0.05) is 19.1 Å². The highest BCUT2D eigenvalue weighted by atomic mass is 32.1. The molecule has 0 unspecified atom stereocenters. The van der Waals surface area contributed by atoms with Crippen molar-refractivity contribution in [3.8, 4) is 0 Å². The third-order valence-electron chi connectivity index (χ3n) is 3.48. The van der Waals surface area contributed by atoms with Crippen molar-refractivity contribution in [1.82, 2.24) is 4.90 Å². The average molecular weight is 280 g/mol. The molecule has 1 aromatic rings. The van der Waals surface area contributed by atoms with Gasteiger partial charge in [-0.05, 0) is 55.5 Å². The second-order valence-electron chi connectivity index (χ2n) is 5.34. The largest absolute Gasteiger partial charge is 0.389 e. The maximum atomic E-state index is 13.4. The van der Waals surface area contributed by atoms with Gasteiger partial charge in [0.05, 0.1) is 0 Å². The lowest BCUT2D eigenvalue weighted by atomic mass is 10.1. The molecule has 0 saturated heterocycles. The van der Waals surface area contributed by atoms with Crippen molar-refractivity contribution in [2.45, 2.75) is 32.7 Å². The summed E-state index contributed by atoms with van der Waals surface area (Å²) in [5, 5.41) is 0. The highest BCUT2D eigenvalue weighted by Crippen LogP contribution is 2.30. The lowest BCUT2D eigenvalue weighted by molar-refractivity contribution is 0.254. The van der Waals surface area contributed by atoms with Gasteiger partial charge in [0.2, 0.25) is 0 Å². The molecule has 1 fully saturated rings. The molecule has 0 atom stereocenters. The van der Waals surface area contributed by atoms with Crippen LogP contribution in [-0.4, -0.2) is 23.0 Å². The van der Waals surface area contributed by atoms with Crippen molar-refractivity contribution in [3.05, 3.63) is 35.1 Å². The van der Waals surface area contributed by atoms with E-state index in [9.17, 15) is 4.39 Å². The van der Waals surface area contributed by atoms with E-state index in [1.807, 2.05) is 0 Å². The van der Waals surface area contributed by atoms with Gasteiger partial charge in [-0.2, -0.15) is 0 Å². The first-order valence-electron chi connectivity index (χ1n) is 6.90. The fourth-order valence-corrected chi connectivity index (χ4v) is 2.59. The zero-order chi connectivity index (χ0) is 13.8. The van der Waals surface area contributed by atoms with Crippen molar-refractivity contribution in [1.29, 1.82) is 0 Å². The van der Waals surface area contributed by atoms with Crippen molar-refractivity contribution < 1.29 is 4.39 Å². The van der Waals surface area contributed by atoms with Crippen LogP contribution in [0.1, 0.15) is 37.3 Å². The maximum Gasteiger partial charge on any atom is 0.123 e. The predicted octanol–water partition coefficient (Wildman–Crippen LogP) is 3.08. The van der Waals surface area contributed by atoms with Crippen LogP contribution >= 0.6 is 12.2 Å². The molecule has 19 heavy (non-hydrogen) atoms. The van der Waals surface area contributed by atoms with Crippen LogP contribution in [0.15, 0.2) is 18.2 Å². The van der Waals surface area contributed by atoms with Crippen molar-refractivity contribution in [2.75, 3.05) is 13.1 Å². The molecule has 0 aromatic heterocycles. The molecule has 1 aliphatic carbocycles. The van der Waals surface area contributed by atoms with Gasteiger partial charge >= 0.3 is 0 Å². The molecule has 0 heterocycles. The standard InChI is InChI=1S/C15H21FN2S/c1-2-7-18(9-11-3-4-11)10-12-8-13(16)5-6-14(12)15(17)19/h5-6,8,11H,2-4,7,9-10H2,1H3,(H2,17,19). The molecule has 1 aliphatic rings. The quantitative estimate of drug-likeness (QED) is 0.778. The molecule has 0 amide bonds. The first-order chi connectivity index (χ1) is 9.10. The minimum atomic E-state index is -0.224. The highest BCUT2D eigenvalue weighted by Gasteiger charge is 2.24. The van der Waals surface area contributed by atoms with E-state index in [1.54, 1.807) is 12.1 Å². The van der Waals surface area contributed by atoms with Crippen LogP contribution in [0.5, 0.6) is 0 Å². The van der Waals surface area contributed by atoms with Crippen LogP contribution < -0.4 is 5.73 Å². The lowest BCUT2D eigenvalue weighted by Crippen LogP contribution is -2.28. The molecule has 2 rings (SSSR count). The SMILES string of the molecule is CCCN(Cc1cc(F)ccc1C(N)=S)CC1CC1. The third kappa shape index (κ3) is 4.25. The molecule has 0 bridgehead atoms. The Balaban J connectivity index is 2.13. The normalized spacial score (nSPS) is 14.9. The van der Waals surface area contributed by atoms with E-state index in [-0.39, 0.29) is 5.82 Å². The highest BCUT2D eigenvalue weighted by molar-refractivity contribution is 7.80. The molecule has 1 aromatic carbocycles. The van der Waals surface area contributed by atoms with E-state index in [0.717, 1.165) is 43.1 Å². The van der Waals surface area contributed by atoms with Crippen molar-refractivity contribution in [2.24, 2.45) is 11.7 Å². The summed E-state index contributed by atoms with van der Waals surface area (Å²) in [6.45, 7) is 5.03. The number of thiocarbonyl (C=S) groups is 1. The smallest absolute Gasteiger partial charge is 0.123 e. The number of hydrogen-bond donors (Lipinski definition) is 1. The van der Waals surface area contributed by atoms with Gasteiger partial charge in [0.1, 0.15) is 10.8 Å². The van der Waals surface area contributed by atoms with E-state index in [1.165, 1.54) is 18.9 Å². The summed E-state index contributed by atoms with van der Waals surface area (Å²) in [6, 6.07) is 4.67. The number of rotatable bonds is 7. The zero-order valence-corrected chi connectivity index (χ0v) is 12.2. The van der Waals surface area contributed by atoms with Gasteiger partial charge in [0, 0.05) is 18.7 Å². The summed E-state index contributed by atoms with van der Waals surface area (Å²) in [5.41, 5.74) is 7.42. The predicted molar refractivity (Wildman–Crippen MR) is 80.6 cm³/mol. The van der Waals surface area contributed by atoms with E-state index in [2.05, 4.69) is 11.8 Å². The minimum Gasteiger partial charge on any atom is -0.389 e. The summed E-state index contributed by atoms with van der Waals surface area (Å²) in [6.07, 6.45) is 3.75. The summed E-state index contributed by atoms with van der Waals surface area (Å²) >= 11 is 5.05. The minimum absolute atomic E-state index is 0.224. The number of nitrogens with two attached hydrogens (primary N) is 1. The Hall–Kier alpha value is -1.00. The number of hydrogen-bond acceptors (Lipinski definition) is 2. The van der Waals surface area contributed by atoms with Gasteiger partial charge in [-0.3, -0.25) is 4.90 Å². The van der Waals surface area contributed by atoms with Gasteiger partial charge in [-0.15, -0.1) is 0 Å². The Morgan fingerprint density at radius 2 is 2.21 bits per heavy atom. The second-order valence-corrected chi connectivity index (χ2v) is 5.78. The Morgan fingerprint density at radius 1 is 1.47 bits per heavy atom. The summed E-state index contributed by atoms with van der Waals surface area (Å²) in [4.78, 5) is 2.73. The molecule has 4 heteroatoms. The fourth-order valence-electron chi connectivity index (χ4n) is 2.39. The first-order valence-corrected chi connectivity index (χ1v) is 7.31. The number of halogens is 1. The molecule has 2 N–H and O–H groups in total. The molecule has 0 spiro atoms. The molecular formula is C15H21FN2S. The maximum absolute atomic E-state index is 13.4. The Kier molecular flexibility index (Phi) is 4.88. The Labute approximate surface area is 119 Å². The lowest BCUT2D eigenvalue weighted by Gasteiger charge is -2.23. The van der Waals surface area contributed by atoms with Gasteiger partial charge in [0.25, 0.3) is 0 Å². The Bertz CT molecular complexity index is 457. The van der Waals surface area contributed by atoms with Crippen LogP contribution in [0, 0.1) is 11.7 Å². The topological polar surface area (TPSA) is 29.3 Å². The van der Waals surface area contributed by atoms with Gasteiger partial charge < -0.3 is 5.73 Å². The molecule has 1 saturated carbocycles. The van der Waals surface area contributed by atoms with E-state index < -0.39 is 0 Å². The van der Waals surface area contributed by atoms with E-state index in [4.69, 9.17) is 18.0 Å². The van der Waals surface area contributed by atoms with Crippen LogP contribution in [-0.2, 0) is 6.54 Å². The average Bonchev–Trinajstić information content (AvgIpc) is 3.13. The molecule has 104 valence electrons. The monoisotopic (exact) mass is 280 g/mol. The molecule has 0 aliphatic heterocycles. The fraction of sp³-hybridized carbons (Fsp3) is 0.533. The van der Waals surface area contributed by atoms with E-state index in [0.29, 0.717) is 4.99 Å². The van der Waals surface area contributed by atoms with Crippen LogP contribution in [0.25, 0.3) is 0 Å². The van der Waals surface area contributed by atoms with Gasteiger partial charge in [-0.25, -0.2) is 4.39 Å². The molecule has 2 nitrogen and oxygen atoms in total. The van der Waals surface area contributed by atoms with Crippen LogP contribution in [0.4, 0.5) is 4.39 Å². The van der Waals surface area contributed by atoms with Crippen molar-refractivity contribution in [3.63, 3.8) is 0 Å².